The lowest BCUT2D eigenvalue weighted by Gasteiger charge is -2.09. The van der Waals surface area contributed by atoms with Crippen LogP contribution in [0.4, 0.5) is 0 Å². The lowest BCUT2D eigenvalue weighted by atomic mass is 10.2. The summed E-state index contributed by atoms with van der Waals surface area (Å²) in [5.41, 5.74) is 2.15. The molecule has 1 aliphatic heterocycles. The molecule has 1 saturated heterocycles. The zero-order valence-corrected chi connectivity index (χ0v) is 10.5. The van der Waals surface area contributed by atoms with Crippen molar-refractivity contribution >= 4 is 23.4 Å². The van der Waals surface area contributed by atoms with Crippen LogP contribution in [0.3, 0.4) is 0 Å². The van der Waals surface area contributed by atoms with Gasteiger partial charge in [0.25, 0.3) is 0 Å². The van der Waals surface area contributed by atoms with Crippen LogP contribution in [-0.4, -0.2) is 22.2 Å². The van der Waals surface area contributed by atoms with Crippen molar-refractivity contribution in [2.75, 3.05) is 13.1 Å². The molecule has 3 rings (SSSR count). The van der Waals surface area contributed by atoms with Gasteiger partial charge in [0.1, 0.15) is 0 Å². The van der Waals surface area contributed by atoms with E-state index in [2.05, 4.69) is 5.32 Å². The highest BCUT2D eigenvalue weighted by atomic mass is 35.5. The van der Waals surface area contributed by atoms with Crippen molar-refractivity contribution in [2.45, 2.75) is 12.5 Å². The molecule has 0 saturated carbocycles. The average molecular weight is 254 g/mol. The highest BCUT2D eigenvalue weighted by molar-refractivity contribution is 5.85. The number of rotatable bonds is 1. The number of aromatic nitrogens is 2. The summed E-state index contributed by atoms with van der Waals surface area (Å²) in [6, 6.07) is 8.28. The number of para-hydroxylation sites is 2. The average Bonchev–Trinajstić information content (AvgIpc) is 2.89. The third-order valence-electron chi connectivity index (χ3n) is 3.40. The second kappa shape index (κ2) is 4.55. The van der Waals surface area contributed by atoms with Gasteiger partial charge in [0.05, 0.1) is 17.1 Å². The van der Waals surface area contributed by atoms with Crippen LogP contribution in [-0.2, 0) is 7.05 Å². The van der Waals surface area contributed by atoms with E-state index in [1.165, 1.54) is 0 Å². The standard InChI is InChI=1S/C12H15N3O.ClH/c1-14-10-4-2-3-5-11(10)15(12(14)16)9-6-7-13-8-9;/h2-5,9,13H,6-8H2,1H3;1H/t9-;/m1./s1. The van der Waals surface area contributed by atoms with E-state index in [0.29, 0.717) is 6.04 Å². The molecule has 2 aromatic rings. The fourth-order valence-corrected chi connectivity index (χ4v) is 2.53. The molecule has 4 nitrogen and oxygen atoms in total. The van der Waals surface area contributed by atoms with Gasteiger partial charge in [-0.2, -0.15) is 0 Å². The van der Waals surface area contributed by atoms with Crippen LogP contribution in [0.1, 0.15) is 12.5 Å². The number of nitrogens with one attached hydrogen (secondary N) is 1. The van der Waals surface area contributed by atoms with Crippen molar-refractivity contribution in [3.8, 4) is 0 Å². The Morgan fingerprint density at radius 3 is 2.65 bits per heavy atom. The van der Waals surface area contributed by atoms with Gasteiger partial charge < -0.3 is 5.32 Å². The fraction of sp³-hybridized carbons (Fsp3) is 0.417. The molecule has 92 valence electrons. The van der Waals surface area contributed by atoms with E-state index < -0.39 is 0 Å². The second-order valence-corrected chi connectivity index (χ2v) is 4.35. The SMILES string of the molecule is Cl.Cn1c(=O)n([C@@H]2CCNC2)c2ccccc21. The van der Waals surface area contributed by atoms with Gasteiger partial charge in [-0.1, -0.05) is 12.1 Å². The van der Waals surface area contributed by atoms with Gasteiger partial charge in [-0.25, -0.2) is 4.79 Å². The molecular formula is C12H16ClN3O. The van der Waals surface area contributed by atoms with Crippen LogP contribution in [0.5, 0.6) is 0 Å². The minimum absolute atomic E-state index is 0. The molecule has 1 N–H and O–H groups in total. The Hall–Kier alpha value is -1.26. The number of fused-ring (bicyclic) bond motifs is 1. The van der Waals surface area contributed by atoms with E-state index >= 15 is 0 Å². The molecule has 1 aliphatic rings. The Labute approximate surface area is 106 Å². The Morgan fingerprint density at radius 2 is 2.00 bits per heavy atom. The number of nitrogens with zero attached hydrogens (tertiary/aromatic N) is 2. The maximum atomic E-state index is 12.2. The lowest BCUT2D eigenvalue weighted by Crippen LogP contribution is -2.27. The van der Waals surface area contributed by atoms with Gasteiger partial charge in [-0.3, -0.25) is 9.13 Å². The van der Waals surface area contributed by atoms with Crippen molar-refractivity contribution in [2.24, 2.45) is 7.05 Å². The van der Waals surface area contributed by atoms with Gasteiger partial charge in [0.2, 0.25) is 0 Å². The van der Waals surface area contributed by atoms with Crippen molar-refractivity contribution in [1.29, 1.82) is 0 Å². The van der Waals surface area contributed by atoms with Crippen LogP contribution in [0.15, 0.2) is 29.1 Å². The molecule has 0 aliphatic carbocycles. The predicted molar refractivity (Wildman–Crippen MR) is 71.0 cm³/mol. The Kier molecular flexibility index (Phi) is 3.26. The molecule has 0 bridgehead atoms. The third-order valence-corrected chi connectivity index (χ3v) is 3.40. The van der Waals surface area contributed by atoms with Crippen molar-refractivity contribution in [3.63, 3.8) is 0 Å². The predicted octanol–water partition coefficient (Wildman–Crippen LogP) is 1.30. The third kappa shape index (κ3) is 1.77. The fourth-order valence-electron chi connectivity index (χ4n) is 2.53. The summed E-state index contributed by atoms with van der Waals surface area (Å²) < 4.78 is 3.66. The molecule has 5 heteroatoms. The summed E-state index contributed by atoms with van der Waals surface area (Å²) in [7, 11) is 1.84. The maximum absolute atomic E-state index is 12.2. The first-order chi connectivity index (χ1) is 7.79. The Morgan fingerprint density at radius 1 is 1.29 bits per heavy atom. The van der Waals surface area contributed by atoms with E-state index in [-0.39, 0.29) is 18.1 Å². The topological polar surface area (TPSA) is 39.0 Å². The molecule has 1 aromatic heterocycles. The highest BCUT2D eigenvalue weighted by Gasteiger charge is 2.21. The van der Waals surface area contributed by atoms with Crippen LogP contribution < -0.4 is 11.0 Å². The van der Waals surface area contributed by atoms with E-state index in [0.717, 1.165) is 30.5 Å². The van der Waals surface area contributed by atoms with E-state index in [9.17, 15) is 4.79 Å². The first-order valence-electron chi connectivity index (χ1n) is 5.65. The van der Waals surface area contributed by atoms with Gasteiger partial charge in [-0.05, 0) is 25.1 Å². The molecule has 0 amide bonds. The first kappa shape index (κ1) is 12.2. The molecule has 0 radical (unpaired) electrons. The number of imidazole rings is 1. The molecule has 1 atom stereocenters. The quantitative estimate of drug-likeness (QED) is 0.832. The van der Waals surface area contributed by atoms with Crippen LogP contribution in [0, 0.1) is 0 Å². The maximum Gasteiger partial charge on any atom is 0.329 e. The molecular weight excluding hydrogens is 238 g/mol. The van der Waals surface area contributed by atoms with E-state index in [4.69, 9.17) is 0 Å². The summed E-state index contributed by atoms with van der Waals surface area (Å²) in [6.07, 6.45) is 1.04. The number of hydrogen-bond acceptors (Lipinski definition) is 2. The number of hydrogen-bond donors (Lipinski definition) is 1. The minimum atomic E-state index is 0. The number of benzene rings is 1. The summed E-state index contributed by atoms with van der Waals surface area (Å²) in [6.45, 7) is 1.90. The van der Waals surface area contributed by atoms with E-state index in [1.54, 1.807) is 4.57 Å². The molecule has 1 aromatic carbocycles. The first-order valence-corrected chi connectivity index (χ1v) is 5.65. The molecule has 17 heavy (non-hydrogen) atoms. The lowest BCUT2D eigenvalue weighted by molar-refractivity contribution is 0.535. The van der Waals surface area contributed by atoms with E-state index in [1.807, 2.05) is 35.9 Å². The van der Waals surface area contributed by atoms with Gasteiger partial charge in [-0.15, -0.1) is 12.4 Å². The van der Waals surface area contributed by atoms with Crippen molar-refractivity contribution < 1.29 is 0 Å². The molecule has 2 heterocycles. The summed E-state index contributed by atoms with van der Waals surface area (Å²) in [4.78, 5) is 12.2. The zero-order valence-electron chi connectivity index (χ0n) is 9.72. The largest absolute Gasteiger partial charge is 0.329 e. The van der Waals surface area contributed by atoms with Crippen molar-refractivity contribution in [3.05, 3.63) is 34.7 Å². The van der Waals surface area contributed by atoms with Gasteiger partial charge >= 0.3 is 5.69 Å². The normalized spacial score (nSPS) is 19.5. The summed E-state index contributed by atoms with van der Waals surface area (Å²) >= 11 is 0. The monoisotopic (exact) mass is 253 g/mol. The minimum Gasteiger partial charge on any atom is -0.315 e. The zero-order chi connectivity index (χ0) is 11.1. The molecule has 0 spiro atoms. The van der Waals surface area contributed by atoms with Gasteiger partial charge in [0.15, 0.2) is 0 Å². The van der Waals surface area contributed by atoms with Gasteiger partial charge in [0, 0.05) is 13.6 Å². The molecule has 0 unspecified atom stereocenters. The van der Waals surface area contributed by atoms with Crippen LogP contribution in [0.25, 0.3) is 11.0 Å². The number of aryl methyl sites for hydroxylation is 1. The highest BCUT2D eigenvalue weighted by Crippen LogP contribution is 2.20. The second-order valence-electron chi connectivity index (χ2n) is 4.35. The smallest absolute Gasteiger partial charge is 0.315 e. The van der Waals surface area contributed by atoms with Crippen LogP contribution in [0.2, 0.25) is 0 Å². The number of halogens is 1. The Balaban J connectivity index is 0.00000108. The van der Waals surface area contributed by atoms with Crippen molar-refractivity contribution in [1.82, 2.24) is 14.5 Å². The Bertz CT molecular complexity index is 581. The summed E-state index contributed by atoms with van der Waals surface area (Å²) in [5, 5.41) is 3.30. The summed E-state index contributed by atoms with van der Waals surface area (Å²) in [5.74, 6) is 0. The van der Waals surface area contributed by atoms with Crippen LogP contribution >= 0.6 is 12.4 Å². The molecule has 1 fully saturated rings.